The summed E-state index contributed by atoms with van der Waals surface area (Å²) < 4.78 is 12.7. The highest BCUT2D eigenvalue weighted by molar-refractivity contribution is 5.34. The molecule has 0 aliphatic rings. The lowest BCUT2D eigenvalue weighted by Gasteiger charge is -2.16. The fraction of sp³-hybridized carbons (Fsp3) is 0.500. The maximum atomic E-state index is 12.7. The number of hydrogen-bond acceptors (Lipinski definition) is 1. The molecule has 1 rings (SSSR count). The van der Waals surface area contributed by atoms with Crippen molar-refractivity contribution in [3.05, 3.63) is 35.6 Å². The van der Waals surface area contributed by atoms with Crippen LogP contribution in [0.5, 0.6) is 0 Å². The number of halogens is 1. The van der Waals surface area contributed by atoms with Crippen molar-refractivity contribution in [3.8, 4) is 11.8 Å². The van der Waals surface area contributed by atoms with Gasteiger partial charge in [-0.25, -0.2) is 4.39 Å². The molecule has 0 aliphatic carbocycles. The minimum Gasteiger partial charge on any atom is -0.380 e. The monoisotopic (exact) mass is 248 g/mol. The third-order valence-corrected chi connectivity index (χ3v) is 3.11. The van der Waals surface area contributed by atoms with Crippen LogP contribution in [0.3, 0.4) is 0 Å². The number of benzene rings is 1. The Hall–Kier alpha value is -1.33. The highest BCUT2D eigenvalue weighted by Gasteiger charge is 2.13. The van der Waals surface area contributed by atoms with Crippen LogP contribution in [0.4, 0.5) is 4.39 Å². The van der Waals surface area contributed by atoms with Crippen molar-refractivity contribution in [1.82, 2.24) is 0 Å². The largest absolute Gasteiger partial charge is 0.380 e. The maximum absolute atomic E-state index is 12.7. The number of rotatable bonds is 5. The first-order valence-electron chi connectivity index (χ1n) is 6.62. The molecular formula is C16H21FO. The molecule has 0 aromatic heterocycles. The summed E-state index contributed by atoms with van der Waals surface area (Å²) in [6.45, 7) is 4.21. The van der Waals surface area contributed by atoms with Gasteiger partial charge in [0.25, 0.3) is 0 Å². The molecule has 2 unspecified atom stereocenters. The molecule has 1 nitrogen and oxygen atoms in total. The van der Waals surface area contributed by atoms with Gasteiger partial charge in [-0.2, -0.15) is 0 Å². The van der Waals surface area contributed by atoms with E-state index in [1.165, 1.54) is 12.1 Å². The Morgan fingerprint density at radius 1 is 1.22 bits per heavy atom. The second kappa shape index (κ2) is 7.89. The van der Waals surface area contributed by atoms with Crippen LogP contribution >= 0.6 is 0 Å². The zero-order chi connectivity index (χ0) is 13.4. The molecule has 0 aliphatic heterocycles. The van der Waals surface area contributed by atoms with Crippen molar-refractivity contribution in [2.75, 3.05) is 0 Å². The molecule has 1 aromatic carbocycles. The average molecular weight is 248 g/mol. The smallest absolute Gasteiger partial charge is 0.123 e. The van der Waals surface area contributed by atoms with Crippen LogP contribution in [0.25, 0.3) is 0 Å². The fourth-order valence-electron chi connectivity index (χ4n) is 1.86. The molecule has 0 saturated heterocycles. The summed E-state index contributed by atoms with van der Waals surface area (Å²) in [5.41, 5.74) is 0.737. The van der Waals surface area contributed by atoms with E-state index in [0.717, 1.165) is 31.2 Å². The minimum absolute atomic E-state index is 0.234. The molecule has 18 heavy (non-hydrogen) atoms. The van der Waals surface area contributed by atoms with Crippen LogP contribution in [0.2, 0.25) is 0 Å². The lowest BCUT2D eigenvalue weighted by Crippen LogP contribution is -2.17. The molecule has 2 heteroatoms. The summed E-state index contributed by atoms with van der Waals surface area (Å²) in [6, 6.07) is 6.01. The second-order valence-electron chi connectivity index (χ2n) is 4.53. The van der Waals surface area contributed by atoms with E-state index in [-0.39, 0.29) is 11.7 Å². The van der Waals surface area contributed by atoms with Crippen molar-refractivity contribution in [3.63, 3.8) is 0 Å². The predicted molar refractivity (Wildman–Crippen MR) is 72.6 cm³/mol. The number of aliphatic hydroxyl groups is 1. The first kappa shape index (κ1) is 14.7. The lowest BCUT2D eigenvalue weighted by atomic mass is 9.93. The van der Waals surface area contributed by atoms with Gasteiger partial charge in [0.15, 0.2) is 0 Å². The van der Waals surface area contributed by atoms with Crippen LogP contribution in [0, 0.1) is 23.6 Å². The maximum Gasteiger partial charge on any atom is 0.123 e. The molecule has 0 radical (unpaired) electrons. The Morgan fingerprint density at radius 2 is 1.89 bits per heavy atom. The quantitative estimate of drug-likeness (QED) is 0.787. The van der Waals surface area contributed by atoms with E-state index in [2.05, 4.69) is 25.7 Å². The molecule has 2 atom stereocenters. The van der Waals surface area contributed by atoms with Crippen molar-refractivity contribution in [1.29, 1.82) is 0 Å². The highest BCUT2D eigenvalue weighted by Crippen LogP contribution is 2.16. The summed E-state index contributed by atoms with van der Waals surface area (Å²) in [5, 5.41) is 10.0. The van der Waals surface area contributed by atoms with Gasteiger partial charge in [-0.3, -0.25) is 0 Å². The van der Waals surface area contributed by atoms with E-state index in [1.807, 2.05) is 0 Å². The zero-order valence-corrected chi connectivity index (χ0v) is 11.1. The average Bonchev–Trinajstić information content (AvgIpc) is 2.39. The number of hydrogen-bond donors (Lipinski definition) is 1. The van der Waals surface area contributed by atoms with Crippen molar-refractivity contribution >= 4 is 0 Å². The van der Waals surface area contributed by atoms with Gasteiger partial charge < -0.3 is 5.11 Å². The van der Waals surface area contributed by atoms with Crippen LogP contribution in [0.15, 0.2) is 24.3 Å². The minimum atomic E-state index is -0.591. The molecule has 0 fully saturated rings. The Morgan fingerprint density at radius 3 is 2.44 bits per heavy atom. The highest BCUT2D eigenvalue weighted by atomic mass is 19.1. The van der Waals surface area contributed by atoms with Gasteiger partial charge in [-0.05, 0) is 43.0 Å². The van der Waals surface area contributed by atoms with Gasteiger partial charge in [0, 0.05) is 5.56 Å². The predicted octanol–water partition coefficient (Wildman–Crippen LogP) is 3.75. The summed E-state index contributed by atoms with van der Waals surface area (Å²) in [5.74, 6) is 5.72. The van der Waals surface area contributed by atoms with Crippen LogP contribution in [0.1, 0.15) is 45.1 Å². The second-order valence-corrected chi connectivity index (χ2v) is 4.53. The summed E-state index contributed by atoms with van der Waals surface area (Å²) in [6.07, 6.45) is 3.60. The van der Waals surface area contributed by atoms with Crippen molar-refractivity contribution in [2.24, 2.45) is 5.92 Å². The molecule has 0 saturated carbocycles. The molecule has 0 heterocycles. The molecule has 1 aromatic rings. The summed E-state index contributed by atoms with van der Waals surface area (Å²) in [4.78, 5) is 0. The summed E-state index contributed by atoms with van der Waals surface area (Å²) in [7, 11) is 0. The van der Waals surface area contributed by atoms with Crippen LogP contribution in [-0.4, -0.2) is 11.2 Å². The van der Waals surface area contributed by atoms with E-state index in [1.54, 1.807) is 12.1 Å². The molecule has 98 valence electrons. The first-order valence-corrected chi connectivity index (χ1v) is 6.62. The first-order chi connectivity index (χ1) is 8.67. The SMILES string of the molecule is CCCCC(CC)C(O)C#Cc1ccc(F)cc1. The Kier molecular flexibility index (Phi) is 6.46. The van der Waals surface area contributed by atoms with E-state index in [0.29, 0.717) is 0 Å². The fourth-order valence-corrected chi connectivity index (χ4v) is 1.86. The van der Waals surface area contributed by atoms with E-state index in [9.17, 15) is 9.50 Å². The normalized spacial score (nSPS) is 13.6. The standard InChI is InChI=1S/C16H21FO/c1-3-5-6-14(4-2)16(18)12-9-13-7-10-15(17)11-8-13/h7-8,10-11,14,16,18H,3-6H2,1-2H3. The zero-order valence-electron chi connectivity index (χ0n) is 11.1. The van der Waals surface area contributed by atoms with E-state index >= 15 is 0 Å². The van der Waals surface area contributed by atoms with Crippen LogP contribution in [-0.2, 0) is 0 Å². The van der Waals surface area contributed by atoms with E-state index < -0.39 is 6.10 Å². The van der Waals surface area contributed by atoms with Gasteiger partial charge in [-0.15, -0.1) is 0 Å². The Bertz CT molecular complexity index is 399. The molecule has 0 bridgehead atoms. The van der Waals surface area contributed by atoms with Crippen molar-refractivity contribution in [2.45, 2.75) is 45.6 Å². The van der Waals surface area contributed by atoms with E-state index in [4.69, 9.17) is 0 Å². The summed E-state index contributed by atoms with van der Waals surface area (Å²) >= 11 is 0. The Balaban J connectivity index is 2.62. The molecule has 1 N–H and O–H groups in total. The molecule has 0 amide bonds. The third-order valence-electron chi connectivity index (χ3n) is 3.11. The number of aliphatic hydroxyl groups excluding tert-OH is 1. The van der Waals surface area contributed by atoms with Gasteiger partial charge in [0.1, 0.15) is 11.9 Å². The topological polar surface area (TPSA) is 20.2 Å². The van der Waals surface area contributed by atoms with Crippen molar-refractivity contribution < 1.29 is 9.50 Å². The van der Waals surface area contributed by atoms with Gasteiger partial charge >= 0.3 is 0 Å². The third kappa shape index (κ3) is 4.89. The van der Waals surface area contributed by atoms with Crippen LogP contribution < -0.4 is 0 Å². The van der Waals surface area contributed by atoms with Gasteiger partial charge in [0.2, 0.25) is 0 Å². The molecule has 0 spiro atoms. The molecular weight excluding hydrogens is 227 g/mol. The number of unbranched alkanes of at least 4 members (excludes halogenated alkanes) is 1. The Labute approximate surface area is 109 Å². The van der Waals surface area contributed by atoms with Gasteiger partial charge in [0.05, 0.1) is 0 Å². The lowest BCUT2D eigenvalue weighted by molar-refractivity contribution is 0.150. The van der Waals surface area contributed by atoms with Gasteiger partial charge in [-0.1, -0.05) is 38.5 Å².